The predicted molar refractivity (Wildman–Crippen MR) is 62.2 cm³/mol. The third kappa shape index (κ3) is 3.21. The maximum Gasteiger partial charge on any atom is 0.339 e. The van der Waals surface area contributed by atoms with Crippen molar-refractivity contribution in [3.05, 3.63) is 22.3 Å². The van der Waals surface area contributed by atoms with Crippen LogP contribution < -0.4 is 5.32 Å². The fraction of sp³-hybridized carbons (Fsp3) is 0.300. The Hall–Kier alpha value is -1.61. The summed E-state index contributed by atoms with van der Waals surface area (Å²) in [4.78, 5) is 14.9. The maximum absolute atomic E-state index is 10.9. The summed E-state index contributed by atoms with van der Waals surface area (Å²) in [6.07, 6.45) is 1.80. The first-order valence-corrected chi connectivity index (χ1v) is 5.36. The topological polar surface area (TPSA) is 86.0 Å². The van der Waals surface area contributed by atoms with Gasteiger partial charge in [-0.2, -0.15) is 5.26 Å². The van der Waals surface area contributed by atoms with E-state index in [1.807, 2.05) is 6.07 Å². The van der Waals surface area contributed by atoms with Gasteiger partial charge in [0.05, 0.1) is 12.5 Å². The molecule has 0 aromatic carbocycles. The van der Waals surface area contributed by atoms with Crippen LogP contribution in [0.2, 0.25) is 0 Å². The third-order valence-electron chi connectivity index (χ3n) is 1.87. The van der Waals surface area contributed by atoms with Gasteiger partial charge in [0.1, 0.15) is 11.4 Å². The van der Waals surface area contributed by atoms with Crippen molar-refractivity contribution in [3.8, 4) is 6.07 Å². The lowest BCUT2D eigenvalue weighted by Crippen LogP contribution is -2.17. The molecule has 2 N–H and O–H groups in total. The van der Waals surface area contributed by atoms with E-state index in [-0.39, 0.29) is 23.8 Å². The number of nitriles is 1. The van der Waals surface area contributed by atoms with Crippen LogP contribution in [0.1, 0.15) is 23.7 Å². The summed E-state index contributed by atoms with van der Waals surface area (Å²) in [5.41, 5.74) is 0.0826. The number of carbonyl (C=O) groups is 1. The van der Waals surface area contributed by atoms with E-state index in [1.54, 1.807) is 6.92 Å². The van der Waals surface area contributed by atoms with E-state index in [9.17, 15) is 4.79 Å². The highest BCUT2D eigenvalue weighted by molar-refractivity contribution is 9.10. The fourth-order valence-electron chi connectivity index (χ4n) is 1.14. The summed E-state index contributed by atoms with van der Waals surface area (Å²) >= 11 is 3.16. The number of carboxylic acids is 1. The average molecular weight is 284 g/mol. The number of carboxylic acid groups (broad SMARTS) is 1. The van der Waals surface area contributed by atoms with Gasteiger partial charge >= 0.3 is 5.97 Å². The lowest BCUT2D eigenvalue weighted by Gasteiger charge is -2.13. The molecule has 84 valence electrons. The second kappa shape index (κ2) is 5.47. The molecule has 1 rings (SSSR count). The van der Waals surface area contributed by atoms with Gasteiger partial charge in [0, 0.05) is 16.7 Å². The number of hydrogen-bond donors (Lipinski definition) is 2. The Labute approximate surface area is 101 Å². The van der Waals surface area contributed by atoms with Crippen LogP contribution in [-0.2, 0) is 0 Å². The van der Waals surface area contributed by atoms with Crippen molar-refractivity contribution in [1.29, 1.82) is 5.26 Å². The van der Waals surface area contributed by atoms with Crippen molar-refractivity contribution in [2.45, 2.75) is 19.4 Å². The van der Waals surface area contributed by atoms with Crippen molar-refractivity contribution in [2.24, 2.45) is 0 Å². The van der Waals surface area contributed by atoms with Crippen molar-refractivity contribution in [3.63, 3.8) is 0 Å². The first-order valence-electron chi connectivity index (χ1n) is 4.57. The first-order chi connectivity index (χ1) is 7.54. The third-order valence-corrected chi connectivity index (χ3v) is 2.30. The number of anilines is 1. The van der Waals surface area contributed by atoms with Crippen LogP contribution in [0, 0.1) is 11.3 Å². The summed E-state index contributed by atoms with van der Waals surface area (Å²) in [6.45, 7) is 1.79. The van der Waals surface area contributed by atoms with Gasteiger partial charge in [0.25, 0.3) is 0 Å². The summed E-state index contributed by atoms with van der Waals surface area (Å²) in [5, 5.41) is 20.4. The molecule has 16 heavy (non-hydrogen) atoms. The smallest absolute Gasteiger partial charge is 0.339 e. The fourth-order valence-corrected chi connectivity index (χ4v) is 1.47. The Kier molecular flexibility index (Phi) is 4.26. The minimum atomic E-state index is -1.06. The highest BCUT2D eigenvalue weighted by Crippen LogP contribution is 2.19. The van der Waals surface area contributed by atoms with Gasteiger partial charge in [-0.3, -0.25) is 0 Å². The van der Waals surface area contributed by atoms with Crippen molar-refractivity contribution in [1.82, 2.24) is 4.98 Å². The molecule has 1 atom stereocenters. The molecule has 0 amide bonds. The molecule has 6 heteroatoms. The monoisotopic (exact) mass is 283 g/mol. The van der Waals surface area contributed by atoms with Crippen LogP contribution in [0.5, 0.6) is 0 Å². The summed E-state index contributed by atoms with van der Waals surface area (Å²) in [6, 6.07) is 3.33. The van der Waals surface area contributed by atoms with E-state index in [4.69, 9.17) is 10.4 Å². The lowest BCUT2D eigenvalue weighted by molar-refractivity contribution is 0.0697. The number of nitrogens with zero attached hydrogens (tertiary/aromatic N) is 2. The van der Waals surface area contributed by atoms with E-state index in [0.717, 1.165) is 0 Å². The molecule has 0 saturated heterocycles. The summed E-state index contributed by atoms with van der Waals surface area (Å²) in [7, 11) is 0. The highest BCUT2D eigenvalue weighted by atomic mass is 79.9. The van der Waals surface area contributed by atoms with E-state index in [2.05, 4.69) is 26.2 Å². The molecule has 0 fully saturated rings. The van der Waals surface area contributed by atoms with E-state index in [0.29, 0.717) is 4.47 Å². The SMILES string of the molecule is C[C@H](CC#N)Nc1ncc(Br)cc1C(=O)O. The maximum atomic E-state index is 10.9. The zero-order valence-corrected chi connectivity index (χ0v) is 10.2. The van der Waals surface area contributed by atoms with E-state index >= 15 is 0 Å². The van der Waals surface area contributed by atoms with Crippen LogP contribution in [-0.4, -0.2) is 22.1 Å². The molecule has 0 aliphatic carbocycles. The molecule has 0 spiro atoms. The number of aromatic nitrogens is 1. The van der Waals surface area contributed by atoms with Crippen LogP contribution in [0.15, 0.2) is 16.7 Å². The molecule has 1 heterocycles. The molecule has 0 radical (unpaired) electrons. The van der Waals surface area contributed by atoms with Gasteiger partial charge in [-0.1, -0.05) is 0 Å². The van der Waals surface area contributed by atoms with Crippen LogP contribution >= 0.6 is 15.9 Å². The first kappa shape index (κ1) is 12.5. The zero-order chi connectivity index (χ0) is 12.1. The second-order valence-electron chi connectivity index (χ2n) is 3.26. The second-order valence-corrected chi connectivity index (χ2v) is 4.18. The van der Waals surface area contributed by atoms with Crippen LogP contribution in [0.25, 0.3) is 0 Å². The largest absolute Gasteiger partial charge is 0.478 e. The van der Waals surface area contributed by atoms with Gasteiger partial charge in [-0.15, -0.1) is 0 Å². The minimum Gasteiger partial charge on any atom is -0.478 e. The number of nitrogens with one attached hydrogen (secondary N) is 1. The predicted octanol–water partition coefficient (Wildman–Crippen LogP) is 2.26. The van der Waals surface area contributed by atoms with Crippen LogP contribution in [0.3, 0.4) is 0 Å². The van der Waals surface area contributed by atoms with Crippen LogP contribution in [0.4, 0.5) is 5.82 Å². The number of hydrogen-bond acceptors (Lipinski definition) is 4. The highest BCUT2D eigenvalue weighted by Gasteiger charge is 2.13. The normalized spacial score (nSPS) is 11.6. The Bertz CT molecular complexity index is 442. The van der Waals surface area contributed by atoms with E-state index < -0.39 is 5.97 Å². The Morgan fingerprint density at radius 2 is 2.50 bits per heavy atom. The van der Waals surface area contributed by atoms with Gasteiger partial charge in [-0.25, -0.2) is 9.78 Å². The van der Waals surface area contributed by atoms with Gasteiger partial charge < -0.3 is 10.4 Å². The lowest BCUT2D eigenvalue weighted by atomic mass is 10.2. The Morgan fingerprint density at radius 1 is 1.81 bits per heavy atom. The minimum absolute atomic E-state index is 0.0826. The molecule has 0 aliphatic rings. The average Bonchev–Trinajstić information content (AvgIpc) is 2.20. The summed E-state index contributed by atoms with van der Waals surface area (Å²) < 4.78 is 0.600. The molecule has 0 unspecified atom stereocenters. The number of halogens is 1. The Balaban J connectivity index is 2.96. The van der Waals surface area contributed by atoms with Crippen molar-refractivity contribution in [2.75, 3.05) is 5.32 Å². The Morgan fingerprint density at radius 3 is 3.06 bits per heavy atom. The standard InChI is InChI=1S/C10H10BrN3O2/c1-6(2-3-12)14-9-8(10(15)16)4-7(11)5-13-9/h4-6H,2H2,1H3,(H,13,14)(H,15,16)/t6-/m1/s1. The molecule has 0 aliphatic heterocycles. The molecule has 1 aromatic rings. The molecule has 0 saturated carbocycles. The summed E-state index contributed by atoms with van der Waals surface area (Å²) in [5.74, 6) is -0.779. The number of aromatic carboxylic acids is 1. The molecule has 5 nitrogen and oxygen atoms in total. The molecule has 0 bridgehead atoms. The zero-order valence-electron chi connectivity index (χ0n) is 8.57. The van der Waals surface area contributed by atoms with E-state index in [1.165, 1.54) is 12.3 Å². The number of rotatable bonds is 4. The molecular weight excluding hydrogens is 274 g/mol. The molecular formula is C10H10BrN3O2. The van der Waals surface area contributed by atoms with Gasteiger partial charge in [0.15, 0.2) is 0 Å². The van der Waals surface area contributed by atoms with Crippen molar-refractivity contribution >= 4 is 27.7 Å². The number of pyridine rings is 1. The molecule has 1 aromatic heterocycles. The van der Waals surface area contributed by atoms with Gasteiger partial charge in [0.2, 0.25) is 0 Å². The quantitative estimate of drug-likeness (QED) is 0.885. The van der Waals surface area contributed by atoms with Gasteiger partial charge in [-0.05, 0) is 28.9 Å². The van der Waals surface area contributed by atoms with Crippen molar-refractivity contribution < 1.29 is 9.90 Å².